The summed E-state index contributed by atoms with van der Waals surface area (Å²) in [5, 5.41) is 3.93. The smallest absolute Gasteiger partial charge is 0.248 e. The number of hydrogen-bond acceptors (Lipinski definition) is 7. The summed E-state index contributed by atoms with van der Waals surface area (Å²) in [7, 11) is 0. The molecule has 0 bridgehead atoms. The summed E-state index contributed by atoms with van der Waals surface area (Å²) in [6.07, 6.45) is 9.35. The van der Waals surface area contributed by atoms with Crippen LogP contribution in [0.3, 0.4) is 0 Å². The maximum atomic E-state index is 12.9. The lowest BCUT2D eigenvalue weighted by molar-refractivity contribution is -0.111. The van der Waals surface area contributed by atoms with E-state index in [4.69, 9.17) is 9.47 Å². The Bertz CT molecular complexity index is 1280. The molecular formula is C28H31N5O3. The number of aromatic nitrogens is 2. The van der Waals surface area contributed by atoms with Gasteiger partial charge in [-0.05, 0) is 50.0 Å². The average molecular weight is 486 g/mol. The largest absolute Gasteiger partial charge is 0.486 e. The van der Waals surface area contributed by atoms with E-state index < -0.39 is 0 Å². The molecule has 2 aromatic carbocycles. The van der Waals surface area contributed by atoms with Gasteiger partial charge < -0.3 is 19.7 Å². The van der Waals surface area contributed by atoms with E-state index in [9.17, 15) is 4.79 Å². The van der Waals surface area contributed by atoms with E-state index in [1.54, 1.807) is 12.4 Å². The highest BCUT2D eigenvalue weighted by Crippen LogP contribution is 2.39. The van der Waals surface area contributed by atoms with Crippen molar-refractivity contribution in [2.24, 2.45) is 0 Å². The molecule has 1 atom stereocenters. The molecule has 8 heteroatoms. The molecule has 3 aliphatic heterocycles. The van der Waals surface area contributed by atoms with Crippen molar-refractivity contribution in [3.8, 4) is 5.75 Å². The van der Waals surface area contributed by atoms with Gasteiger partial charge in [0.1, 0.15) is 24.0 Å². The number of ether oxygens (including phenoxy) is 2. The van der Waals surface area contributed by atoms with E-state index in [-0.39, 0.29) is 12.0 Å². The monoisotopic (exact) mass is 485 g/mol. The van der Waals surface area contributed by atoms with Crippen molar-refractivity contribution in [1.82, 2.24) is 14.9 Å². The minimum absolute atomic E-state index is 0.0458. The van der Waals surface area contributed by atoms with Crippen molar-refractivity contribution < 1.29 is 14.3 Å². The van der Waals surface area contributed by atoms with Gasteiger partial charge in [-0.15, -0.1) is 0 Å². The van der Waals surface area contributed by atoms with Crippen LogP contribution in [-0.4, -0.2) is 66.3 Å². The van der Waals surface area contributed by atoms with Crippen molar-refractivity contribution in [3.63, 3.8) is 0 Å². The number of likely N-dealkylation sites (tertiary alicyclic amines) is 1. The molecule has 0 radical (unpaired) electrons. The highest BCUT2D eigenvalue weighted by atomic mass is 16.5. The van der Waals surface area contributed by atoms with E-state index in [1.807, 2.05) is 18.2 Å². The molecule has 1 N–H and O–H groups in total. The van der Waals surface area contributed by atoms with Gasteiger partial charge >= 0.3 is 0 Å². The normalized spacial score (nSPS) is 19.9. The average Bonchev–Trinajstić information content (AvgIpc) is 3.67. The summed E-state index contributed by atoms with van der Waals surface area (Å²) in [6, 6.07) is 12.3. The number of anilines is 3. The molecule has 1 amide bonds. The fourth-order valence-corrected chi connectivity index (χ4v) is 5.27. The first-order chi connectivity index (χ1) is 17.7. The number of hydrogen-bond donors (Lipinski definition) is 1. The summed E-state index contributed by atoms with van der Waals surface area (Å²) in [5.74, 6) is 1.26. The Morgan fingerprint density at radius 2 is 2.06 bits per heavy atom. The van der Waals surface area contributed by atoms with Gasteiger partial charge in [0, 0.05) is 42.7 Å². The van der Waals surface area contributed by atoms with Crippen LogP contribution in [-0.2, 0) is 16.0 Å². The summed E-state index contributed by atoms with van der Waals surface area (Å²) >= 11 is 0. The zero-order valence-corrected chi connectivity index (χ0v) is 20.4. The summed E-state index contributed by atoms with van der Waals surface area (Å²) in [5.41, 5.74) is 3.87. The Balaban J connectivity index is 1.32. The van der Waals surface area contributed by atoms with Gasteiger partial charge in [-0.3, -0.25) is 9.69 Å². The molecule has 1 aromatic heterocycles. The maximum absolute atomic E-state index is 12.9. The topological polar surface area (TPSA) is 79.8 Å². The lowest BCUT2D eigenvalue weighted by Gasteiger charge is -2.21. The maximum Gasteiger partial charge on any atom is 0.248 e. The van der Waals surface area contributed by atoms with Crippen molar-refractivity contribution in [2.75, 3.05) is 49.6 Å². The minimum atomic E-state index is -0.175. The predicted molar refractivity (Wildman–Crippen MR) is 140 cm³/mol. The van der Waals surface area contributed by atoms with Gasteiger partial charge in [-0.25, -0.2) is 9.97 Å². The number of nitrogens with zero attached hydrogens (tertiary/aromatic N) is 4. The molecule has 186 valence electrons. The molecule has 36 heavy (non-hydrogen) atoms. The van der Waals surface area contributed by atoms with Crippen LogP contribution in [0.2, 0.25) is 0 Å². The molecular weight excluding hydrogens is 454 g/mol. The molecule has 0 spiro atoms. The highest BCUT2D eigenvalue weighted by Gasteiger charge is 2.25. The quantitative estimate of drug-likeness (QED) is 0.505. The zero-order chi connectivity index (χ0) is 24.3. The highest BCUT2D eigenvalue weighted by molar-refractivity contribution is 6.04. The van der Waals surface area contributed by atoms with Gasteiger partial charge in [0.05, 0.1) is 24.4 Å². The summed E-state index contributed by atoms with van der Waals surface area (Å²) in [6.45, 7) is 5.06. The Kier molecular flexibility index (Phi) is 6.53. The second-order valence-electron chi connectivity index (χ2n) is 9.60. The van der Waals surface area contributed by atoms with Crippen LogP contribution in [0.4, 0.5) is 17.2 Å². The zero-order valence-electron chi connectivity index (χ0n) is 20.4. The standard InChI is InChI=1S/C28H31N5O3/c34-27(8-5-13-32-11-3-4-12-32)31-24-16-22-23(17-26(24)36-21-10-15-35-18-21)29-19-30-28(22)33-14-9-20-6-1-2-7-25(20)33/h1-2,5-8,16-17,19,21H,3-4,9-15,18H2,(H,31,34)/b8-5+/t21-/m1/s1. The molecule has 6 rings (SSSR count). The predicted octanol–water partition coefficient (Wildman–Crippen LogP) is 4.08. The molecule has 3 aliphatic rings. The van der Waals surface area contributed by atoms with Crippen molar-refractivity contribution >= 4 is 34.0 Å². The Morgan fingerprint density at radius 3 is 2.92 bits per heavy atom. The van der Waals surface area contributed by atoms with Gasteiger partial charge in [0.15, 0.2) is 0 Å². The Hall–Kier alpha value is -3.49. The summed E-state index contributed by atoms with van der Waals surface area (Å²) < 4.78 is 11.8. The van der Waals surface area contributed by atoms with Crippen LogP contribution in [0.15, 0.2) is 54.9 Å². The van der Waals surface area contributed by atoms with Crippen molar-refractivity contribution in [2.45, 2.75) is 31.8 Å². The number of benzene rings is 2. The third-order valence-corrected chi connectivity index (χ3v) is 7.13. The first-order valence-electron chi connectivity index (χ1n) is 12.8. The van der Waals surface area contributed by atoms with Crippen LogP contribution in [0.5, 0.6) is 5.75 Å². The van der Waals surface area contributed by atoms with Crippen LogP contribution < -0.4 is 15.0 Å². The molecule has 4 heterocycles. The first-order valence-corrected chi connectivity index (χ1v) is 12.8. The van der Waals surface area contributed by atoms with Crippen LogP contribution >= 0.6 is 0 Å². The number of para-hydroxylation sites is 1. The Labute approximate surface area is 210 Å². The minimum Gasteiger partial charge on any atom is -0.486 e. The third-order valence-electron chi connectivity index (χ3n) is 7.13. The van der Waals surface area contributed by atoms with Crippen LogP contribution in [0.1, 0.15) is 24.8 Å². The fraction of sp³-hybridized carbons (Fsp3) is 0.393. The van der Waals surface area contributed by atoms with Gasteiger partial charge in [0.2, 0.25) is 5.91 Å². The number of rotatable bonds is 7. The molecule has 3 aromatic rings. The van der Waals surface area contributed by atoms with E-state index in [0.29, 0.717) is 24.7 Å². The lowest BCUT2D eigenvalue weighted by atomic mass is 10.1. The first kappa shape index (κ1) is 22.9. The number of carbonyl (C=O) groups excluding carboxylic acids is 1. The molecule has 2 saturated heterocycles. The molecule has 0 saturated carbocycles. The second-order valence-corrected chi connectivity index (χ2v) is 9.60. The number of fused-ring (bicyclic) bond motifs is 2. The van der Waals surface area contributed by atoms with Gasteiger partial charge in [-0.1, -0.05) is 24.3 Å². The van der Waals surface area contributed by atoms with Crippen LogP contribution in [0, 0.1) is 0 Å². The summed E-state index contributed by atoms with van der Waals surface area (Å²) in [4.78, 5) is 26.7. The van der Waals surface area contributed by atoms with Crippen molar-refractivity contribution in [1.29, 1.82) is 0 Å². The van der Waals surface area contributed by atoms with E-state index in [1.165, 1.54) is 18.4 Å². The van der Waals surface area contributed by atoms with E-state index in [2.05, 4.69) is 49.4 Å². The van der Waals surface area contributed by atoms with E-state index >= 15 is 0 Å². The van der Waals surface area contributed by atoms with Crippen LogP contribution in [0.25, 0.3) is 10.9 Å². The SMILES string of the molecule is O=C(/C=C/CN1CCCC1)Nc1cc2c(N3CCc4ccccc43)ncnc2cc1O[C@@H]1CCOC1. The van der Waals surface area contributed by atoms with Crippen molar-refractivity contribution in [3.05, 3.63) is 60.4 Å². The van der Waals surface area contributed by atoms with Gasteiger partial charge in [-0.2, -0.15) is 0 Å². The Morgan fingerprint density at radius 1 is 1.17 bits per heavy atom. The lowest BCUT2D eigenvalue weighted by Crippen LogP contribution is -2.20. The second kappa shape index (κ2) is 10.2. The van der Waals surface area contributed by atoms with E-state index in [0.717, 1.165) is 61.4 Å². The van der Waals surface area contributed by atoms with Gasteiger partial charge in [0.25, 0.3) is 0 Å². The molecule has 0 unspecified atom stereocenters. The molecule has 8 nitrogen and oxygen atoms in total. The molecule has 0 aliphatic carbocycles. The third kappa shape index (κ3) is 4.79. The molecule has 2 fully saturated rings. The number of carbonyl (C=O) groups is 1. The number of amides is 1. The number of nitrogens with one attached hydrogen (secondary N) is 1. The fourth-order valence-electron chi connectivity index (χ4n) is 5.27.